The minimum absolute atomic E-state index is 0.0739. The van der Waals surface area contributed by atoms with Crippen molar-refractivity contribution in [3.8, 4) is 23.0 Å². The van der Waals surface area contributed by atoms with E-state index in [2.05, 4.69) is 26.1 Å². The van der Waals surface area contributed by atoms with E-state index in [0.717, 1.165) is 59.7 Å². The molecule has 7 heteroatoms. The summed E-state index contributed by atoms with van der Waals surface area (Å²) in [6.45, 7) is 3.81. The standard InChI is InChI=1S/C22H29BrN2O4/c1-26-17-7-5-8-18(27-2)21(17)22(25-11-6-9-24-10-12-25)15-13-19(28-3)20(29-4)14-16(15)23/h5,7-8,13-14,22,24H,6,9-12H2,1-4H3. The molecule has 0 saturated carbocycles. The Labute approximate surface area is 181 Å². The first-order chi connectivity index (χ1) is 14.1. The van der Waals surface area contributed by atoms with Crippen molar-refractivity contribution in [3.63, 3.8) is 0 Å². The van der Waals surface area contributed by atoms with Crippen LogP contribution in [-0.2, 0) is 0 Å². The Kier molecular flexibility index (Phi) is 7.64. The molecule has 1 N–H and O–H groups in total. The van der Waals surface area contributed by atoms with Gasteiger partial charge in [-0.25, -0.2) is 0 Å². The normalized spacial score (nSPS) is 16.0. The molecular formula is C22H29BrN2O4. The fraction of sp³-hybridized carbons (Fsp3) is 0.455. The second-order valence-corrected chi connectivity index (χ2v) is 7.70. The monoisotopic (exact) mass is 464 g/mol. The van der Waals surface area contributed by atoms with E-state index in [1.165, 1.54) is 0 Å². The van der Waals surface area contributed by atoms with Gasteiger partial charge in [0.05, 0.1) is 40.0 Å². The first-order valence-corrected chi connectivity index (χ1v) is 10.5. The molecule has 1 aliphatic rings. The van der Waals surface area contributed by atoms with Crippen LogP contribution in [0.5, 0.6) is 23.0 Å². The van der Waals surface area contributed by atoms with Crippen molar-refractivity contribution in [1.82, 2.24) is 10.2 Å². The van der Waals surface area contributed by atoms with E-state index >= 15 is 0 Å². The van der Waals surface area contributed by atoms with Gasteiger partial charge in [-0.1, -0.05) is 22.0 Å². The third-order valence-corrected chi connectivity index (χ3v) is 5.96. The average molecular weight is 465 g/mol. The second-order valence-electron chi connectivity index (χ2n) is 6.85. The molecule has 1 heterocycles. The smallest absolute Gasteiger partial charge is 0.161 e. The van der Waals surface area contributed by atoms with Crippen molar-refractivity contribution in [2.24, 2.45) is 0 Å². The maximum Gasteiger partial charge on any atom is 0.161 e. The van der Waals surface area contributed by atoms with Crippen molar-refractivity contribution in [3.05, 3.63) is 45.9 Å². The zero-order chi connectivity index (χ0) is 20.8. The van der Waals surface area contributed by atoms with Crippen LogP contribution < -0.4 is 24.3 Å². The molecular weight excluding hydrogens is 436 g/mol. The summed E-state index contributed by atoms with van der Waals surface area (Å²) in [4.78, 5) is 2.46. The van der Waals surface area contributed by atoms with Gasteiger partial charge in [-0.05, 0) is 42.8 Å². The first kappa shape index (κ1) is 21.7. The minimum Gasteiger partial charge on any atom is -0.496 e. The fourth-order valence-corrected chi connectivity index (χ4v) is 4.43. The summed E-state index contributed by atoms with van der Waals surface area (Å²) < 4.78 is 23.6. The zero-order valence-electron chi connectivity index (χ0n) is 17.5. The lowest BCUT2D eigenvalue weighted by Gasteiger charge is -2.34. The van der Waals surface area contributed by atoms with Crippen LogP contribution in [0.1, 0.15) is 23.6 Å². The molecule has 158 valence electrons. The molecule has 0 amide bonds. The van der Waals surface area contributed by atoms with Crippen molar-refractivity contribution < 1.29 is 18.9 Å². The second kappa shape index (κ2) is 10.2. The molecule has 6 nitrogen and oxygen atoms in total. The lowest BCUT2D eigenvalue weighted by atomic mass is 9.94. The average Bonchev–Trinajstić information content (AvgIpc) is 3.04. The topological polar surface area (TPSA) is 52.2 Å². The van der Waals surface area contributed by atoms with E-state index < -0.39 is 0 Å². The van der Waals surface area contributed by atoms with Crippen LogP contribution in [0.15, 0.2) is 34.8 Å². The molecule has 0 aliphatic carbocycles. The quantitative estimate of drug-likeness (QED) is 0.670. The maximum atomic E-state index is 5.76. The number of benzene rings is 2. The largest absolute Gasteiger partial charge is 0.496 e. The highest BCUT2D eigenvalue weighted by Crippen LogP contribution is 2.45. The summed E-state index contributed by atoms with van der Waals surface area (Å²) in [5.41, 5.74) is 2.08. The Bertz CT molecular complexity index is 800. The van der Waals surface area contributed by atoms with E-state index in [1.807, 2.05) is 30.3 Å². The van der Waals surface area contributed by atoms with Gasteiger partial charge in [0.15, 0.2) is 11.5 Å². The van der Waals surface area contributed by atoms with Crippen molar-refractivity contribution in [1.29, 1.82) is 0 Å². The molecule has 3 rings (SSSR count). The van der Waals surface area contributed by atoms with Crippen LogP contribution in [-0.4, -0.2) is 59.5 Å². The predicted octanol–water partition coefficient (Wildman–Crippen LogP) is 3.87. The Balaban J connectivity index is 2.23. The number of ether oxygens (including phenoxy) is 4. The molecule has 2 aromatic rings. The highest BCUT2D eigenvalue weighted by Gasteiger charge is 2.31. The third kappa shape index (κ3) is 4.63. The summed E-state index contributed by atoms with van der Waals surface area (Å²) in [6.07, 6.45) is 1.07. The van der Waals surface area contributed by atoms with Gasteiger partial charge >= 0.3 is 0 Å². The third-order valence-electron chi connectivity index (χ3n) is 5.28. The molecule has 0 bridgehead atoms. The number of nitrogens with one attached hydrogen (secondary N) is 1. The molecule has 1 saturated heterocycles. The SMILES string of the molecule is COc1cc(Br)c(C(c2c(OC)cccc2OC)N2CCCNCC2)cc1OC. The Morgan fingerprint density at radius 2 is 1.48 bits per heavy atom. The molecule has 1 atom stereocenters. The maximum absolute atomic E-state index is 5.76. The lowest BCUT2D eigenvalue weighted by molar-refractivity contribution is 0.229. The van der Waals surface area contributed by atoms with E-state index in [1.54, 1.807) is 28.4 Å². The Morgan fingerprint density at radius 1 is 0.862 bits per heavy atom. The van der Waals surface area contributed by atoms with Crippen LogP contribution in [0.4, 0.5) is 0 Å². The van der Waals surface area contributed by atoms with Gasteiger partial charge in [0.25, 0.3) is 0 Å². The lowest BCUT2D eigenvalue weighted by Crippen LogP contribution is -2.33. The molecule has 2 aromatic carbocycles. The van der Waals surface area contributed by atoms with Crippen molar-refractivity contribution in [2.45, 2.75) is 12.5 Å². The summed E-state index contributed by atoms with van der Waals surface area (Å²) in [5.74, 6) is 2.98. The van der Waals surface area contributed by atoms with Crippen LogP contribution in [0.25, 0.3) is 0 Å². The first-order valence-electron chi connectivity index (χ1n) is 9.71. The number of hydrogen-bond donors (Lipinski definition) is 1. The molecule has 1 aliphatic heterocycles. The number of nitrogens with zero attached hydrogens (tertiary/aromatic N) is 1. The van der Waals surface area contributed by atoms with Crippen LogP contribution in [0.2, 0.25) is 0 Å². The van der Waals surface area contributed by atoms with Gasteiger partial charge in [-0.15, -0.1) is 0 Å². The number of rotatable bonds is 7. The molecule has 0 radical (unpaired) electrons. The molecule has 29 heavy (non-hydrogen) atoms. The van der Waals surface area contributed by atoms with Gasteiger partial charge in [0.2, 0.25) is 0 Å². The van der Waals surface area contributed by atoms with Crippen molar-refractivity contribution >= 4 is 15.9 Å². The summed E-state index contributed by atoms with van der Waals surface area (Å²) in [5, 5.41) is 3.49. The van der Waals surface area contributed by atoms with Crippen LogP contribution in [0, 0.1) is 0 Å². The Hall–Kier alpha value is -1.96. The molecule has 1 unspecified atom stereocenters. The van der Waals surface area contributed by atoms with Crippen molar-refractivity contribution in [2.75, 3.05) is 54.6 Å². The van der Waals surface area contributed by atoms with Crippen LogP contribution >= 0.6 is 15.9 Å². The highest BCUT2D eigenvalue weighted by molar-refractivity contribution is 9.10. The summed E-state index contributed by atoms with van der Waals surface area (Å²) >= 11 is 3.77. The van der Waals surface area contributed by atoms with E-state index in [-0.39, 0.29) is 6.04 Å². The van der Waals surface area contributed by atoms with Gasteiger partial charge < -0.3 is 24.3 Å². The molecule has 1 fully saturated rings. The number of hydrogen-bond acceptors (Lipinski definition) is 6. The van der Waals surface area contributed by atoms with Crippen LogP contribution in [0.3, 0.4) is 0 Å². The number of methoxy groups -OCH3 is 4. The van der Waals surface area contributed by atoms with Gasteiger partial charge in [0, 0.05) is 24.1 Å². The minimum atomic E-state index is -0.0739. The summed E-state index contributed by atoms with van der Waals surface area (Å²) in [7, 11) is 6.70. The molecule has 0 aromatic heterocycles. The number of halogens is 1. The van der Waals surface area contributed by atoms with E-state index in [0.29, 0.717) is 11.5 Å². The zero-order valence-corrected chi connectivity index (χ0v) is 19.0. The molecule has 0 spiro atoms. The van der Waals surface area contributed by atoms with E-state index in [4.69, 9.17) is 18.9 Å². The highest BCUT2D eigenvalue weighted by atomic mass is 79.9. The van der Waals surface area contributed by atoms with Gasteiger partial charge in [-0.2, -0.15) is 0 Å². The fourth-order valence-electron chi connectivity index (χ4n) is 3.89. The van der Waals surface area contributed by atoms with E-state index in [9.17, 15) is 0 Å². The Morgan fingerprint density at radius 3 is 2.10 bits per heavy atom. The summed E-state index contributed by atoms with van der Waals surface area (Å²) in [6, 6.07) is 9.84. The van der Waals surface area contributed by atoms with Gasteiger partial charge in [-0.3, -0.25) is 4.90 Å². The predicted molar refractivity (Wildman–Crippen MR) is 118 cm³/mol. The van der Waals surface area contributed by atoms with Gasteiger partial charge in [0.1, 0.15) is 11.5 Å².